The molecule has 0 bridgehead atoms. The largest absolute Gasteiger partial charge is 0.456 e. The van der Waals surface area contributed by atoms with Gasteiger partial charge >= 0.3 is 0 Å². The van der Waals surface area contributed by atoms with E-state index in [1.807, 2.05) is 78.9 Å². The van der Waals surface area contributed by atoms with Crippen LogP contribution in [0, 0.1) is 11.3 Å². The first-order valence-electron chi connectivity index (χ1n) is 20.9. The van der Waals surface area contributed by atoms with Crippen LogP contribution >= 0.6 is 0 Å². The fraction of sp³-hybridized carbons (Fsp3) is 0. The second-order valence-electron chi connectivity index (χ2n) is 15.5. The molecule has 0 spiro atoms. The fourth-order valence-electron chi connectivity index (χ4n) is 8.37. The normalized spacial score (nSPS) is 11.2. The van der Waals surface area contributed by atoms with Crippen molar-refractivity contribution in [2.45, 2.75) is 0 Å². The number of nitriles is 1. The van der Waals surface area contributed by atoms with Gasteiger partial charge in [0.05, 0.1) is 11.6 Å². The second kappa shape index (κ2) is 16.0. The lowest BCUT2D eigenvalue weighted by atomic mass is 9.96. The number of nitrogens with zero attached hydrogens (tertiary/aromatic N) is 4. The average molecular weight is 805 g/mol. The summed E-state index contributed by atoms with van der Waals surface area (Å²) in [5, 5.41) is 11.6. The van der Waals surface area contributed by atoms with Gasteiger partial charge in [-0.25, -0.2) is 15.0 Å². The smallest absolute Gasteiger partial charge is 0.164 e. The van der Waals surface area contributed by atoms with Crippen molar-refractivity contribution < 1.29 is 4.42 Å². The molecule has 0 aliphatic heterocycles. The first-order chi connectivity index (χ1) is 31.1. The van der Waals surface area contributed by atoms with E-state index >= 15 is 0 Å². The van der Waals surface area contributed by atoms with E-state index in [2.05, 4.69) is 146 Å². The van der Waals surface area contributed by atoms with Crippen LogP contribution in [0.25, 0.3) is 112 Å². The molecule has 9 aromatic carbocycles. The minimum Gasteiger partial charge on any atom is -0.456 e. The Morgan fingerprint density at radius 2 is 0.746 bits per heavy atom. The van der Waals surface area contributed by atoms with Crippen molar-refractivity contribution in [1.82, 2.24) is 15.0 Å². The summed E-state index contributed by atoms with van der Waals surface area (Å²) in [6.45, 7) is 0. The first-order valence-corrected chi connectivity index (χ1v) is 20.9. The summed E-state index contributed by atoms with van der Waals surface area (Å²) in [6.07, 6.45) is 0. The Kier molecular flexibility index (Phi) is 9.50. The SMILES string of the molecule is N#Cc1cccc(-c2ccc(-c3nc(-c4cccc(-c5ccc(-c6ccccc6)cc5)c4)nc(-c4ccc5c(c4)oc4cccc(-c6cccc(-c7ccccc7)c6)c45)n3)cc2)c1. The molecule has 0 aliphatic carbocycles. The van der Waals surface area contributed by atoms with Gasteiger partial charge in [-0.2, -0.15) is 5.26 Å². The van der Waals surface area contributed by atoms with E-state index < -0.39 is 0 Å². The predicted octanol–water partition coefficient (Wildman–Crippen LogP) is 15.0. The molecule has 0 fully saturated rings. The molecule has 5 nitrogen and oxygen atoms in total. The van der Waals surface area contributed by atoms with Crippen LogP contribution in [0.5, 0.6) is 0 Å². The van der Waals surface area contributed by atoms with E-state index in [4.69, 9.17) is 19.4 Å². The summed E-state index contributed by atoms with van der Waals surface area (Å²) in [7, 11) is 0. The van der Waals surface area contributed by atoms with Gasteiger partial charge in [0, 0.05) is 27.5 Å². The third-order valence-corrected chi connectivity index (χ3v) is 11.6. The number of hydrogen-bond acceptors (Lipinski definition) is 5. The third-order valence-electron chi connectivity index (χ3n) is 11.6. The molecule has 0 unspecified atom stereocenters. The van der Waals surface area contributed by atoms with Crippen molar-refractivity contribution >= 4 is 21.9 Å². The lowest BCUT2D eigenvalue weighted by molar-refractivity contribution is 0.669. The number of aromatic nitrogens is 3. The molecule has 2 aromatic heterocycles. The van der Waals surface area contributed by atoms with Gasteiger partial charge in [0.15, 0.2) is 17.5 Å². The summed E-state index contributed by atoms with van der Waals surface area (Å²) in [6, 6.07) is 77.0. The predicted molar refractivity (Wildman–Crippen MR) is 255 cm³/mol. The van der Waals surface area contributed by atoms with E-state index in [9.17, 15) is 5.26 Å². The maximum absolute atomic E-state index is 9.50. The van der Waals surface area contributed by atoms with E-state index in [1.54, 1.807) is 0 Å². The third kappa shape index (κ3) is 7.33. The zero-order chi connectivity index (χ0) is 42.1. The molecule has 2 heterocycles. The topological polar surface area (TPSA) is 75.6 Å². The van der Waals surface area contributed by atoms with Crippen molar-refractivity contribution in [3.63, 3.8) is 0 Å². The molecule has 0 atom stereocenters. The molecule has 0 N–H and O–H groups in total. The Morgan fingerprint density at radius 3 is 1.38 bits per heavy atom. The Bertz CT molecular complexity index is 3500. The van der Waals surface area contributed by atoms with Gasteiger partial charge in [-0.3, -0.25) is 0 Å². The van der Waals surface area contributed by atoms with Gasteiger partial charge in [0.2, 0.25) is 0 Å². The van der Waals surface area contributed by atoms with Crippen LogP contribution in [0.1, 0.15) is 5.56 Å². The lowest BCUT2D eigenvalue weighted by Crippen LogP contribution is -2.00. The van der Waals surface area contributed by atoms with Crippen LogP contribution in [0.15, 0.2) is 223 Å². The van der Waals surface area contributed by atoms with Crippen LogP contribution in [0.4, 0.5) is 0 Å². The molecule has 0 aliphatic rings. The Morgan fingerprint density at radius 1 is 0.317 bits per heavy atom. The number of fused-ring (bicyclic) bond motifs is 3. The molecule has 63 heavy (non-hydrogen) atoms. The average Bonchev–Trinajstić information content (AvgIpc) is 3.75. The van der Waals surface area contributed by atoms with E-state index in [0.717, 1.165) is 77.6 Å². The highest BCUT2D eigenvalue weighted by atomic mass is 16.3. The summed E-state index contributed by atoms with van der Waals surface area (Å²) < 4.78 is 6.60. The van der Waals surface area contributed by atoms with Gasteiger partial charge in [0.1, 0.15) is 11.2 Å². The van der Waals surface area contributed by atoms with E-state index in [-0.39, 0.29) is 0 Å². The van der Waals surface area contributed by atoms with Crippen LogP contribution in [0.2, 0.25) is 0 Å². The van der Waals surface area contributed by atoms with Crippen LogP contribution in [0.3, 0.4) is 0 Å². The highest BCUT2D eigenvalue weighted by Crippen LogP contribution is 2.39. The Labute approximate surface area is 364 Å². The summed E-state index contributed by atoms with van der Waals surface area (Å²) in [5.41, 5.74) is 15.8. The molecular weight excluding hydrogens is 769 g/mol. The minimum absolute atomic E-state index is 0.538. The quantitative estimate of drug-likeness (QED) is 0.153. The summed E-state index contributed by atoms with van der Waals surface area (Å²) in [4.78, 5) is 15.3. The zero-order valence-electron chi connectivity index (χ0n) is 34.0. The summed E-state index contributed by atoms with van der Waals surface area (Å²) >= 11 is 0. The highest BCUT2D eigenvalue weighted by molar-refractivity contribution is 6.13. The van der Waals surface area contributed by atoms with Gasteiger partial charge in [0.25, 0.3) is 0 Å². The molecule has 11 rings (SSSR count). The zero-order valence-corrected chi connectivity index (χ0v) is 34.0. The molecule has 11 aromatic rings. The van der Waals surface area contributed by atoms with Crippen molar-refractivity contribution in [3.05, 3.63) is 224 Å². The number of benzene rings is 9. The van der Waals surface area contributed by atoms with E-state index in [1.165, 1.54) is 16.7 Å². The standard InChI is InChI=1S/C58H36N4O/c59-37-38-11-7-16-45(33-38)42-27-29-44(30-28-42)56-60-57(49-20-9-18-47(35-49)43-25-23-41(24-26-43)39-12-3-1-4-13-39)62-58(61-56)50-31-32-52-54(36-50)63-53-22-10-21-51(55(52)53)48-19-8-17-46(34-48)40-14-5-2-6-15-40/h1-36H. The van der Waals surface area contributed by atoms with Gasteiger partial charge in [-0.05, 0) is 98.1 Å². The van der Waals surface area contributed by atoms with Gasteiger partial charge < -0.3 is 4.42 Å². The molecule has 0 saturated heterocycles. The van der Waals surface area contributed by atoms with Gasteiger partial charge in [-0.1, -0.05) is 176 Å². The molecule has 0 saturated carbocycles. The van der Waals surface area contributed by atoms with Gasteiger partial charge in [-0.15, -0.1) is 0 Å². The van der Waals surface area contributed by atoms with Crippen molar-refractivity contribution in [2.75, 3.05) is 0 Å². The van der Waals surface area contributed by atoms with E-state index in [0.29, 0.717) is 23.0 Å². The number of rotatable bonds is 8. The molecule has 0 amide bonds. The van der Waals surface area contributed by atoms with Crippen molar-refractivity contribution in [3.8, 4) is 95.9 Å². The Balaban J connectivity index is 1.00. The second-order valence-corrected chi connectivity index (χ2v) is 15.5. The molecule has 294 valence electrons. The highest BCUT2D eigenvalue weighted by Gasteiger charge is 2.18. The van der Waals surface area contributed by atoms with Crippen LogP contribution in [-0.4, -0.2) is 15.0 Å². The maximum Gasteiger partial charge on any atom is 0.164 e. The molecule has 5 heteroatoms. The first kappa shape index (κ1) is 37.3. The van der Waals surface area contributed by atoms with Crippen LogP contribution in [-0.2, 0) is 0 Å². The number of hydrogen-bond donors (Lipinski definition) is 0. The monoisotopic (exact) mass is 804 g/mol. The van der Waals surface area contributed by atoms with Crippen molar-refractivity contribution in [2.24, 2.45) is 0 Å². The molecule has 0 radical (unpaired) electrons. The minimum atomic E-state index is 0.538. The number of furan rings is 1. The Hall–Kier alpha value is -8.72. The summed E-state index contributed by atoms with van der Waals surface area (Å²) in [5.74, 6) is 1.65. The molecular formula is C58H36N4O. The fourth-order valence-corrected chi connectivity index (χ4v) is 8.37. The lowest BCUT2D eigenvalue weighted by Gasteiger charge is -2.11. The van der Waals surface area contributed by atoms with Crippen LogP contribution < -0.4 is 0 Å². The maximum atomic E-state index is 9.50. The van der Waals surface area contributed by atoms with Crippen molar-refractivity contribution in [1.29, 1.82) is 5.26 Å².